The first-order valence-corrected chi connectivity index (χ1v) is 5.90. The maximum atomic E-state index is 13.7. The SMILES string of the molecule is C\C=C(/C=C(F)\C(=C\CC)OC)C(C)Br. The molecular formula is C12H18BrFO. The minimum Gasteiger partial charge on any atom is -0.494 e. The van der Waals surface area contributed by atoms with E-state index in [2.05, 4.69) is 15.9 Å². The standard InChI is InChI=1S/C12H18BrFO/c1-5-7-12(15-4)11(14)8-10(6-2)9(3)13/h6-9H,5H2,1-4H3/b10-6+,11-8+,12-7-. The van der Waals surface area contributed by atoms with Crippen LogP contribution in [0.15, 0.2) is 35.4 Å². The van der Waals surface area contributed by atoms with Gasteiger partial charge in [-0.3, -0.25) is 0 Å². The second kappa shape index (κ2) is 7.69. The van der Waals surface area contributed by atoms with E-state index in [0.717, 1.165) is 12.0 Å². The van der Waals surface area contributed by atoms with Crippen LogP contribution in [-0.4, -0.2) is 11.9 Å². The van der Waals surface area contributed by atoms with Crippen molar-refractivity contribution in [3.05, 3.63) is 35.4 Å². The van der Waals surface area contributed by atoms with Crippen molar-refractivity contribution in [3.63, 3.8) is 0 Å². The van der Waals surface area contributed by atoms with Crippen molar-refractivity contribution in [3.8, 4) is 0 Å². The molecule has 0 aliphatic carbocycles. The third-order valence-corrected chi connectivity index (χ3v) is 2.46. The van der Waals surface area contributed by atoms with E-state index in [0.29, 0.717) is 5.76 Å². The summed E-state index contributed by atoms with van der Waals surface area (Å²) >= 11 is 3.40. The predicted molar refractivity (Wildman–Crippen MR) is 66.7 cm³/mol. The molecule has 0 rings (SSSR count). The molecule has 0 saturated heterocycles. The molecule has 0 amide bonds. The number of allylic oxidation sites excluding steroid dienone is 5. The molecule has 86 valence electrons. The highest BCUT2D eigenvalue weighted by Crippen LogP contribution is 2.20. The number of rotatable bonds is 5. The fourth-order valence-electron chi connectivity index (χ4n) is 1.11. The zero-order valence-corrected chi connectivity index (χ0v) is 11.3. The molecule has 0 spiro atoms. The summed E-state index contributed by atoms with van der Waals surface area (Å²) in [6, 6.07) is 0. The molecule has 0 aromatic rings. The molecule has 0 fully saturated rings. The summed E-state index contributed by atoms with van der Waals surface area (Å²) in [5.41, 5.74) is 0.895. The van der Waals surface area contributed by atoms with Crippen molar-refractivity contribution in [2.45, 2.75) is 32.0 Å². The van der Waals surface area contributed by atoms with Crippen molar-refractivity contribution >= 4 is 15.9 Å². The van der Waals surface area contributed by atoms with Crippen LogP contribution in [0.2, 0.25) is 0 Å². The summed E-state index contributed by atoms with van der Waals surface area (Å²) in [6.45, 7) is 5.78. The fourth-order valence-corrected chi connectivity index (χ4v) is 1.51. The van der Waals surface area contributed by atoms with Crippen LogP contribution in [-0.2, 0) is 4.74 Å². The van der Waals surface area contributed by atoms with E-state index in [4.69, 9.17) is 4.74 Å². The van der Waals surface area contributed by atoms with E-state index in [9.17, 15) is 4.39 Å². The van der Waals surface area contributed by atoms with Gasteiger partial charge in [-0.2, -0.15) is 0 Å². The Bertz CT molecular complexity index is 277. The van der Waals surface area contributed by atoms with Crippen LogP contribution < -0.4 is 0 Å². The molecule has 0 bridgehead atoms. The lowest BCUT2D eigenvalue weighted by Gasteiger charge is -2.07. The van der Waals surface area contributed by atoms with Crippen LogP contribution >= 0.6 is 15.9 Å². The molecule has 0 saturated carbocycles. The van der Waals surface area contributed by atoms with E-state index < -0.39 is 0 Å². The Labute approximate surface area is 99.8 Å². The Hall–Kier alpha value is -0.570. The number of alkyl halides is 1. The highest BCUT2D eigenvalue weighted by molar-refractivity contribution is 9.09. The average Bonchev–Trinajstić information content (AvgIpc) is 2.21. The van der Waals surface area contributed by atoms with Crippen LogP contribution in [0.4, 0.5) is 4.39 Å². The molecule has 0 aliphatic heterocycles. The van der Waals surface area contributed by atoms with E-state index in [1.54, 1.807) is 6.08 Å². The first-order valence-electron chi connectivity index (χ1n) is 4.98. The summed E-state index contributed by atoms with van der Waals surface area (Å²) in [6.07, 6.45) is 5.83. The largest absolute Gasteiger partial charge is 0.494 e. The van der Waals surface area contributed by atoms with Gasteiger partial charge in [-0.25, -0.2) is 4.39 Å². The van der Waals surface area contributed by atoms with Crippen LogP contribution in [0.25, 0.3) is 0 Å². The number of halogens is 2. The minimum atomic E-state index is -0.334. The fraction of sp³-hybridized carbons (Fsp3) is 0.500. The second-order valence-corrected chi connectivity index (χ2v) is 4.45. The van der Waals surface area contributed by atoms with Gasteiger partial charge in [0, 0.05) is 4.83 Å². The smallest absolute Gasteiger partial charge is 0.165 e. The van der Waals surface area contributed by atoms with Gasteiger partial charge >= 0.3 is 0 Å². The van der Waals surface area contributed by atoms with Gasteiger partial charge < -0.3 is 4.74 Å². The van der Waals surface area contributed by atoms with Crippen molar-refractivity contribution in [1.82, 2.24) is 0 Å². The molecule has 1 atom stereocenters. The van der Waals surface area contributed by atoms with E-state index in [1.807, 2.05) is 26.8 Å². The quantitative estimate of drug-likeness (QED) is 0.408. The Kier molecular flexibility index (Phi) is 7.39. The van der Waals surface area contributed by atoms with Gasteiger partial charge in [0.25, 0.3) is 0 Å². The highest BCUT2D eigenvalue weighted by atomic mass is 79.9. The summed E-state index contributed by atoms with van der Waals surface area (Å²) in [7, 11) is 1.47. The number of hydrogen-bond donors (Lipinski definition) is 0. The maximum absolute atomic E-state index is 13.7. The van der Waals surface area contributed by atoms with Gasteiger partial charge in [-0.1, -0.05) is 28.9 Å². The third-order valence-electron chi connectivity index (χ3n) is 1.93. The highest BCUT2D eigenvalue weighted by Gasteiger charge is 2.07. The van der Waals surface area contributed by atoms with Gasteiger partial charge in [0.15, 0.2) is 11.6 Å². The summed E-state index contributed by atoms with van der Waals surface area (Å²) in [4.78, 5) is 0.132. The zero-order valence-electron chi connectivity index (χ0n) is 9.68. The maximum Gasteiger partial charge on any atom is 0.165 e. The van der Waals surface area contributed by atoms with Gasteiger partial charge in [0.2, 0.25) is 0 Å². The molecule has 0 radical (unpaired) electrons. The average molecular weight is 277 g/mol. The van der Waals surface area contributed by atoms with E-state index in [-0.39, 0.29) is 10.7 Å². The van der Waals surface area contributed by atoms with Crippen molar-refractivity contribution in [2.75, 3.05) is 7.11 Å². The lowest BCUT2D eigenvalue weighted by atomic mass is 10.1. The van der Waals surface area contributed by atoms with Crippen LogP contribution in [0.3, 0.4) is 0 Å². The monoisotopic (exact) mass is 276 g/mol. The molecule has 3 heteroatoms. The topological polar surface area (TPSA) is 9.23 Å². The van der Waals surface area contributed by atoms with Crippen LogP contribution in [0.5, 0.6) is 0 Å². The van der Waals surface area contributed by atoms with Crippen LogP contribution in [0, 0.1) is 0 Å². The summed E-state index contributed by atoms with van der Waals surface area (Å²) in [5.74, 6) is -0.0382. The van der Waals surface area contributed by atoms with Crippen molar-refractivity contribution in [1.29, 1.82) is 0 Å². The number of hydrogen-bond acceptors (Lipinski definition) is 1. The molecular weight excluding hydrogens is 259 g/mol. The Morgan fingerprint density at radius 3 is 2.47 bits per heavy atom. The summed E-state index contributed by atoms with van der Waals surface area (Å²) in [5, 5.41) is 0. The molecule has 0 heterocycles. The minimum absolute atomic E-state index is 0.132. The van der Waals surface area contributed by atoms with E-state index in [1.165, 1.54) is 13.2 Å². The van der Waals surface area contributed by atoms with Gasteiger partial charge in [0.1, 0.15) is 0 Å². The number of methoxy groups -OCH3 is 1. The second-order valence-electron chi connectivity index (χ2n) is 3.08. The Balaban J connectivity index is 4.88. The van der Waals surface area contributed by atoms with Gasteiger partial charge in [-0.05, 0) is 38.0 Å². The first-order chi connectivity index (χ1) is 7.06. The van der Waals surface area contributed by atoms with Gasteiger partial charge in [0.05, 0.1) is 7.11 Å². The molecule has 0 aliphatic rings. The molecule has 0 N–H and O–H groups in total. The molecule has 15 heavy (non-hydrogen) atoms. The molecule has 0 aromatic heterocycles. The normalized spacial score (nSPS) is 16.5. The Morgan fingerprint density at radius 1 is 1.53 bits per heavy atom. The first kappa shape index (κ1) is 14.4. The predicted octanol–water partition coefficient (Wildman–Crippen LogP) is 4.51. The van der Waals surface area contributed by atoms with Crippen molar-refractivity contribution in [2.24, 2.45) is 0 Å². The molecule has 0 aromatic carbocycles. The molecule has 1 unspecified atom stereocenters. The number of ether oxygens (including phenoxy) is 1. The Morgan fingerprint density at radius 2 is 2.13 bits per heavy atom. The third kappa shape index (κ3) is 5.17. The summed E-state index contributed by atoms with van der Waals surface area (Å²) < 4.78 is 18.6. The van der Waals surface area contributed by atoms with Crippen molar-refractivity contribution < 1.29 is 9.13 Å². The van der Waals surface area contributed by atoms with E-state index >= 15 is 0 Å². The molecule has 1 nitrogen and oxygen atoms in total. The lowest BCUT2D eigenvalue weighted by molar-refractivity contribution is 0.281. The van der Waals surface area contributed by atoms with Gasteiger partial charge in [-0.15, -0.1) is 0 Å². The van der Waals surface area contributed by atoms with Crippen LogP contribution in [0.1, 0.15) is 27.2 Å². The lowest BCUT2D eigenvalue weighted by Crippen LogP contribution is -1.95. The zero-order chi connectivity index (χ0) is 11.8.